The molecule has 49 heavy (non-hydrogen) atoms. The summed E-state index contributed by atoms with van der Waals surface area (Å²) in [5.74, 6) is -1.58. The summed E-state index contributed by atoms with van der Waals surface area (Å²) in [7, 11) is -12.6. The molecule has 0 spiro atoms. The molecule has 250 valence electrons. The van der Waals surface area contributed by atoms with Crippen molar-refractivity contribution in [3.8, 4) is 22.6 Å². The summed E-state index contributed by atoms with van der Waals surface area (Å²) in [5.41, 5.74) is -12.6. The van der Waals surface area contributed by atoms with E-state index in [0.717, 1.165) is 12.1 Å². The molecule has 0 bridgehead atoms. The summed E-state index contributed by atoms with van der Waals surface area (Å²) in [5, 5.41) is 1.14. The van der Waals surface area contributed by atoms with Crippen molar-refractivity contribution in [1.29, 1.82) is 0 Å². The molecule has 0 amide bonds. The molecule has 1 aliphatic carbocycles. The van der Waals surface area contributed by atoms with E-state index in [4.69, 9.17) is 8.37 Å². The molecule has 0 radical (unpaired) electrons. The fourth-order valence-electron chi connectivity index (χ4n) is 6.65. The van der Waals surface area contributed by atoms with Crippen molar-refractivity contribution in [2.24, 2.45) is 0 Å². The second-order valence-corrected chi connectivity index (χ2v) is 14.2. The van der Waals surface area contributed by atoms with Gasteiger partial charge >= 0.3 is 31.3 Å². The highest BCUT2D eigenvalue weighted by Crippen LogP contribution is 2.62. The minimum absolute atomic E-state index is 0.168. The fraction of sp³-hybridized carbons (Fsp3) is 0.0857. The summed E-state index contributed by atoms with van der Waals surface area (Å²) in [6, 6.07) is 30.4. The van der Waals surface area contributed by atoms with Crippen LogP contribution in [0, 0.1) is 0 Å². The van der Waals surface area contributed by atoms with Crippen molar-refractivity contribution in [3.63, 3.8) is 0 Å². The molecule has 6 aromatic rings. The molecule has 0 atom stereocenters. The van der Waals surface area contributed by atoms with Gasteiger partial charge in [0, 0.05) is 11.1 Å². The van der Waals surface area contributed by atoms with Gasteiger partial charge < -0.3 is 8.37 Å². The van der Waals surface area contributed by atoms with Gasteiger partial charge in [-0.3, -0.25) is 0 Å². The van der Waals surface area contributed by atoms with Crippen molar-refractivity contribution in [1.82, 2.24) is 0 Å². The molecular formula is C35H20F6O6S2. The van der Waals surface area contributed by atoms with Gasteiger partial charge in [0.05, 0.1) is 5.41 Å². The van der Waals surface area contributed by atoms with Crippen molar-refractivity contribution in [2.75, 3.05) is 0 Å². The summed E-state index contributed by atoms with van der Waals surface area (Å²) in [4.78, 5) is 0. The Bertz CT molecular complexity index is 2350. The Morgan fingerprint density at radius 1 is 0.449 bits per heavy atom. The highest BCUT2D eigenvalue weighted by molar-refractivity contribution is 7.88. The van der Waals surface area contributed by atoms with Crippen molar-refractivity contribution >= 4 is 41.8 Å². The summed E-state index contributed by atoms with van der Waals surface area (Å²) >= 11 is 0. The first-order valence-electron chi connectivity index (χ1n) is 14.3. The summed E-state index contributed by atoms with van der Waals surface area (Å²) in [6.07, 6.45) is 0. The topological polar surface area (TPSA) is 86.7 Å². The molecule has 0 saturated heterocycles. The Morgan fingerprint density at radius 2 is 0.796 bits per heavy atom. The van der Waals surface area contributed by atoms with Crippen molar-refractivity contribution in [3.05, 3.63) is 144 Å². The van der Waals surface area contributed by atoms with E-state index in [1.807, 2.05) is 0 Å². The molecule has 6 nitrogen and oxygen atoms in total. The van der Waals surface area contributed by atoms with Crippen LogP contribution in [0.15, 0.2) is 121 Å². The third-order valence-corrected chi connectivity index (χ3v) is 10.4. The lowest BCUT2D eigenvalue weighted by molar-refractivity contribution is -0.0504. The van der Waals surface area contributed by atoms with Crippen LogP contribution < -0.4 is 8.37 Å². The smallest absolute Gasteiger partial charge is 0.376 e. The normalized spacial score (nSPS) is 14.4. The number of alkyl halides is 6. The van der Waals surface area contributed by atoms with E-state index in [-0.39, 0.29) is 33.0 Å². The third kappa shape index (κ3) is 4.92. The minimum atomic E-state index is -6.31. The van der Waals surface area contributed by atoms with Gasteiger partial charge in [-0.1, -0.05) is 109 Å². The van der Waals surface area contributed by atoms with Gasteiger partial charge in [0.1, 0.15) is 11.5 Å². The number of benzene rings is 6. The first-order valence-corrected chi connectivity index (χ1v) is 17.1. The first-order chi connectivity index (χ1) is 23.1. The predicted octanol–water partition coefficient (Wildman–Crippen LogP) is 8.81. The second kappa shape index (κ2) is 11.0. The molecule has 0 aromatic heterocycles. The lowest BCUT2D eigenvalue weighted by atomic mass is 9.65. The van der Waals surface area contributed by atoms with Gasteiger partial charge in [-0.05, 0) is 55.9 Å². The van der Waals surface area contributed by atoms with Crippen LogP contribution in [0.3, 0.4) is 0 Å². The Balaban J connectivity index is 1.76. The molecule has 0 heterocycles. The molecule has 14 heteroatoms. The molecular weight excluding hydrogens is 695 g/mol. The molecule has 0 unspecified atom stereocenters. The average molecular weight is 715 g/mol. The van der Waals surface area contributed by atoms with Crippen LogP contribution in [0.2, 0.25) is 0 Å². The molecule has 0 saturated carbocycles. The van der Waals surface area contributed by atoms with Crippen LogP contribution in [0.25, 0.3) is 32.7 Å². The van der Waals surface area contributed by atoms with Gasteiger partial charge in [-0.15, -0.1) is 0 Å². The van der Waals surface area contributed by atoms with Gasteiger partial charge in [0.15, 0.2) is 0 Å². The summed E-state index contributed by atoms with van der Waals surface area (Å²) in [6.45, 7) is 0. The third-order valence-electron chi connectivity index (χ3n) is 8.45. The second-order valence-electron chi connectivity index (χ2n) is 11.1. The Morgan fingerprint density at radius 3 is 1.18 bits per heavy atom. The van der Waals surface area contributed by atoms with Crippen LogP contribution in [-0.2, 0) is 25.7 Å². The van der Waals surface area contributed by atoms with E-state index in [9.17, 15) is 43.2 Å². The van der Waals surface area contributed by atoms with E-state index < -0.39 is 48.2 Å². The maximum atomic E-state index is 13.9. The predicted molar refractivity (Wildman–Crippen MR) is 170 cm³/mol. The average Bonchev–Trinajstić information content (AvgIpc) is 3.34. The zero-order valence-corrected chi connectivity index (χ0v) is 26.2. The maximum absolute atomic E-state index is 13.9. The Hall–Kier alpha value is -5.08. The molecule has 0 N–H and O–H groups in total. The van der Waals surface area contributed by atoms with Gasteiger partial charge in [0.2, 0.25) is 0 Å². The van der Waals surface area contributed by atoms with E-state index in [2.05, 4.69) is 0 Å². The largest absolute Gasteiger partial charge is 0.534 e. The molecule has 0 aliphatic heterocycles. The van der Waals surface area contributed by atoms with Gasteiger partial charge in [-0.25, -0.2) is 0 Å². The number of hydrogen-bond donors (Lipinski definition) is 0. The van der Waals surface area contributed by atoms with Crippen molar-refractivity contribution < 1.29 is 51.5 Å². The van der Waals surface area contributed by atoms with Crippen LogP contribution >= 0.6 is 0 Å². The quantitative estimate of drug-likeness (QED) is 0.0973. The highest BCUT2D eigenvalue weighted by Gasteiger charge is 2.55. The minimum Gasteiger partial charge on any atom is -0.376 e. The Labute approximate surface area is 275 Å². The zero-order chi connectivity index (χ0) is 35.0. The lowest BCUT2D eigenvalue weighted by Crippen LogP contribution is -2.34. The SMILES string of the molecule is O=S(=O)(Oc1ccc2ccccc2c1C1(c2c(OS(=O)(=O)C(F)(F)F)ccc3ccccc23)c2ccccc2-c2ccccc21)C(F)(F)F. The van der Waals surface area contributed by atoms with E-state index in [0.29, 0.717) is 21.9 Å². The van der Waals surface area contributed by atoms with Gasteiger partial charge in [0.25, 0.3) is 0 Å². The fourth-order valence-corrected chi connectivity index (χ4v) is 7.58. The standard InChI is InChI=1S/C35H20F6O6S2/c36-34(37,38)48(42,43)46-29-19-17-21-9-1-3-11-23(21)31(29)33(27-15-7-5-13-25(27)26-14-6-8-16-28(26)33)32-24-12-4-2-10-22(24)18-20-30(32)47-49(44,45)35(39,40)41/h1-20H. The van der Waals surface area contributed by atoms with E-state index in [1.165, 1.54) is 24.3 Å². The summed E-state index contributed by atoms with van der Waals surface area (Å²) < 4.78 is 144. The van der Waals surface area contributed by atoms with Gasteiger partial charge in [-0.2, -0.15) is 43.2 Å². The van der Waals surface area contributed by atoms with Crippen molar-refractivity contribution in [2.45, 2.75) is 16.4 Å². The maximum Gasteiger partial charge on any atom is 0.534 e. The number of hydrogen-bond acceptors (Lipinski definition) is 6. The monoisotopic (exact) mass is 714 g/mol. The van der Waals surface area contributed by atoms with E-state index >= 15 is 0 Å². The molecule has 6 aromatic carbocycles. The number of halogens is 6. The van der Waals surface area contributed by atoms with Crippen LogP contribution in [-0.4, -0.2) is 27.9 Å². The number of fused-ring (bicyclic) bond motifs is 5. The Kier molecular flexibility index (Phi) is 7.27. The van der Waals surface area contributed by atoms with Crippen LogP contribution in [0.5, 0.6) is 11.5 Å². The molecule has 1 aliphatic rings. The van der Waals surface area contributed by atoms with Crippen LogP contribution in [0.4, 0.5) is 26.3 Å². The first kappa shape index (κ1) is 32.5. The van der Waals surface area contributed by atoms with E-state index in [1.54, 1.807) is 84.9 Å². The lowest BCUT2D eigenvalue weighted by Gasteiger charge is -2.37. The van der Waals surface area contributed by atoms with Crippen LogP contribution in [0.1, 0.15) is 22.3 Å². The zero-order valence-electron chi connectivity index (χ0n) is 24.6. The number of rotatable bonds is 6. The highest BCUT2D eigenvalue weighted by atomic mass is 32.2. The molecule has 0 fully saturated rings. The molecule has 7 rings (SSSR count).